The lowest BCUT2D eigenvalue weighted by Gasteiger charge is -2.10. The molecule has 0 saturated carbocycles. The van der Waals surface area contributed by atoms with Crippen LogP contribution in [0.5, 0.6) is 23.0 Å². The Morgan fingerprint density at radius 2 is 0.583 bits per heavy atom. The summed E-state index contributed by atoms with van der Waals surface area (Å²) < 4.78 is 62.0. The van der Waals surface area contributed by atoms with Crippen LogP contribution in [0.3, 0.4) is 0 Å². The third-order valence-corrected chi connectivity index (χ3v) is 12.5. The van der Waals surface area contributed by atoms with E-state index in [0.29, 0.717) is 37.9 Å². The van der Waals surface area contributed by atoms with Crippen LogP contribution in [0.2, 0.25) is 0 Å². The molecule has 0 aliphatic heterocycles. The number of halogens is 2. The molecule has 10 nitrogen and oxygen atoms in total. The minimum atomic E-state index is -0.890. The van der Waals surface area contributed by atoms with Crippen LogP contribution in [0.15, 0.2) is 86.0 Å². The van der Waals surface area contributed by atoms with Crippen LogP contribution in [0.25, 0.3) is 0 Å². The van der Waals surface area contributed by atoms with E-state index in [1.54, 1.807) is 12.1 Å². The van der Waals surface area contributed by atoms with Crippen molar-refractivity contribution in [1.29, 1.82) is 0 Å². The Hall–Kier alpha value is -5.52. The van der Waals surface area contributed by atoms with E-state index in [9.17, 15) is 28.0 Å². The molecule has 0 unspecified atom stereocenters. The molecule has 3 aromatic rings. The van der Waals surface area contributed by atoms with Crippen molar-refractivity contribution in [2.24, 2.45) is 0 Å². The Bertz CT molecular complexity index is 1840. The molecular weight excluding hydrogens is 919 g/mol. The van der Waals surface area contributed by atoms with Gasteiger partial charge in [-0.2, -0.15) is 0 Å². The maximum atomic E-state index is 14.9. The van der Waals surface area contributed by atoms with Gasteiger partial charge in [0.25, 0.3) is 0 Å². The van der Waals surface area contributed by atoms with Crippen molar-refractivity contribution in [3.63, 3.8) is 0 Å². The Kier molecular flexibility index (Phi) is 33.8. The molecule has 0 radical (unpaired) electrons. The van der Waals surface area contributed by atoms with Gasteiger partial charge in [0.1, 0.15) is 34.6 Å². The summed E-state index contributed by atoms with van der Waals surface area (Å²) in [7, 11) is 0. The van der Waals surface area contributed by atoms with E-state index in [-0.39, 0.29) is 34.6 Å². The Morgan fingerprint density at radius 3 is 0.833 bits per heavy atom. The minimum Gasteiger partial charge on any atom is -0.493 e. The lowest BCUT2D eigenvalue weighted by atomic mass is 10.0. The SMILES string of the molecule is C=CC(=O)OCCCCCCCCCCCCCCCCCOc1ccc(C(=O)Oc2ccc(OC(=O)c3ccc(OCCCCCCCCCCCCCCCCCOC(=O)C=C)cc3F)cc2)c(F)c1. The number of esters is 4. The second-order valence-electron chi connectivity index (χ2n) is 18.6. The summed E-state index contributed by atoms with van der Waals surface area (Å²) in [5, 5.41) is 0. The molecule has 0 atom stereocenters. The molecular formula is C60H84F2O10. The first-order chi connectivity index (χ1) is 35.2. The van der Waals surface area contributed by atoms with Gasteiger partial charge in [-0.25, -0.2) is 28.0 Å². The summed E-state index contributed by atoms with van der Waals surface area (Å²) in [6.07, 6.45) is 37.6. The molecule has 0 spiro atoms. The van der Waals surface area contributed by atoms with Crippen LogP contribution in [0.4, 0.5) is 8.78 Å². The van der Waals surface area contributed by atoms with E-state index < -0.39 is 23.6 Å². The summed E-state index contributed by atoms with van der Waals surface area (Å²) >= 11 is 0. The largest absolute Gasteiger partial charge is 0.493 e. The first kappa shape index (κ1) is 60.8. The molecule has 398 valence electrons. The monoisotopic (exact) mass is 1000 g/mol. The van der Waals surface area contributed by atoms with Crippen molar-refractivity contribution >= 4 is 23.9 Å². The molecule has 0 bridgehead atoms. The fraction of sp³-hybridized carbons (Fsp3) is 0.567. The van der Waals surface area contributed by atoms with Gasteiger partial charge in [-0.05, 0) is 74.2 Å². The molecule has 0 N–H and O–H groups in total. The highest BCUT2D eigenvalue weighted by Gasteiger charge is 2.18. The number of carbonyl (C=O) groups excluding carboxylic acids is 4. The van der Waals surface area contributed by atoms with Gasteiger partial charge in [-0.3, -0.25) is 0 Å². The number of unbranched alkanes of at least 4 members (excludes halogenated alkanes) is 28. The van der Waals surface area contributed by atoms with Crippen LogP contribution >= 0.6 is 0 Å². The molecule has 0 aromatic heterocycles. The van der Waals surface area contributed by atoms with E-state index in [4.69, 9.17) is 28.4 Å². The molecule has 0 amide bonds. The van der Waals surface area contributed by atoms with Gasteiger partial charge in [-0.15, -0.1) is 0 Å². The van der Waals surface area contributed by atoms with Gasteiger partial charge in [0.05, 0.1) is 37.6 Å². The van der Waals surface area contributed by atoms with Crippen LogP contribution in [0.1, 0.15) is 213 Å². The minimum absolute atomic E-state index is 0.110. The first-order valence-electron chi connectivity index (χ1n) is 27.2. The van der Waals surface area contributed by atoms with Crippen LogP contribution < -0.4 is 18.9 Å². The van der Waals surface area contributed by atoms with Crippen molar-refractivity contribution < 1.29 is 56.4 Å². The molecule has 3 rings (SSSR count). The maximum absolute atomic E-state index is 14.9. The van der Waals surface area contributed by atoms with Gasteiger partial charge < -0.3 is 28.4 Å². The molecule has 0 aliphatic rings. The highest BCUT2D eigenvalue weighted by molar-refractivity contribution is 5.92. The van der Waals surface area contributed by atoms with Crippen LogP contribution in [0, 0.1) is 11.6 Å². The van der Waals surface area contributed by atoms with Crippen LogP contribution in [-0.2, 0) is 19.1 Å². The van der Waals surface area contributed by atoms with Crippen molar-refractivity contribution in [2.75, 3.05) is 26.4 Å². The van der Waals surface area contributed by atoms with E-state index in [0.717, 1.165) is 64.2 Å². The number of hydrogen-bond donors (Lipinski definition) is 0. The van der Waals surface area contributed by atoms with Crippen molar-refractivity contribution in [2.45, 2.75) is 193 Å². The number of ether oxygens (including phenoxy) is 6. The summed E-state index contributed by atoms with van der Waals surface area (Å²) in [4.78, 5) is 47.6. The van der Waals surface area contributed by atoms with Gasteiger partial charge in [-0.1, -0.05) is 180 Å². The highest BCUT2D eigenvalue weighted by Crippen LogP contribution is 2.25. The zero-order chi connectivity index (χ0) is 51.7. The Labute approximate surface area is 429 Å². The average Bonchev–Trinajstić information content (AvgIpc) is 3.38. The smallest absolute Gasteiger partial charge is 0.346 e. The molecule has 0 fully saturated rings. The van der Waals surface area contributed by atoms with Gasteiger partial charge in [0, 0.05) is 24.3 Å². The highest BCUT2D eigenvalue weighted by atomic mass is 19.1. The second-order valence-corrected chi connectivity index (χ2v) is 18.6. The zero-order valence-electron chi connectivity index (χ0n) is 43.2. The van der Waals surface area contributed by atoms with Gasteiger partial charge in [0.2, 0.25) is 0 Å². The van der Waals surface area contributed by atoms with Gasteiger partial charge in [0.15, 0.2) is 0 Å². The lowest BCUT2D eigenvalue weighted by molar-refractivity contribution is -0.138. The summed E-state index contributed by atoms with van der Waals surface area (Å²) in [6.45, 7) is 8.68. The first-order valence-corrected chi connectivity index (χ1v) is 27.2. The predicted molar refractivity (Wildman–Crippen MR) is 281 cm³/mol. The van der Waals surface area contributed by atoms with Crippen molar-refractivity contribution in [3.05, 3.63) is 109 Å². The molecule has 0 aliphatic carbocycles. The van der Waals surface area contributed by atoms with E-state index in [2.05, 4.69) is 13.2 Å². The van der Waals surface area contributed by atoms with E-state index in [1.165, 1.54) is 189 Å². The molecule has 3 aromatic carbocycles. The summed E-state index contributed by atoms with van der Waals surface area (Å²) in [5.41, 5.74) is -0.490. The second kappa shape index (κ2) is 40.0. The zero-order valence-corrected chi connectivity index (χ0v) is 43.2. The summed E-state index contributed by atoms with van der Waals surface area (Å²) in [5.74, 6) is -3.09. The number of hydrogen-bond acceptors (Lipinski definition) is 10. The maximum Gasteiger partial charge on any atom is 0.346 e. The molecule has 0 heterocycles. The number of rotatable bonds is 44. The van der Waals surface area contributed by atoms with Crippen molar-refractivity contribution in [3.8, 4) is 23.0 Å². The standard InChI is InChI=1S/C60H84F2O10/c1-3-57(63)69-45-33-29-25-21-17-13-9-5-7-11-15-19-23-27-31-43-67-51-39-41-53(55(61)47-51)59(65)71-49-35-37-50(38-36-49)72-60(66)54-42-40-52(48-56(54)62)68-44-32-28-24-20-16-12-8-6-10-14-18-22-26-30-34-46-70-58(64)4-2/h3-4,35-42,47-48H,1-2,5-34,43-46H2. The normalized spacial score (nSPS) is 10.9. The Balaban J connectivity index is 1.17. The lowest BCUT2D eigenvalue weighted by Crippen LogP contribution is -2.12. The molecule has 0 saturated heterocycles. The fourth-order valence-electron chi connectivity index (χ4n) is 8.25. The number of benzene rings is 3. The van der Waals surface area contributed by atoms with Crippen molar-refractivity contribution in [1.82, 2.24) is 0 Å². The average molecular weight is 1000 g/mol. The summed E-state index contributed by atoms with van der Waals surface area (Å²) in [6, 6.07) is 13.7. The number of carbonyl (C=O) groups is 4. The fourth-order valence-corrected chi connectivity index (χ4v) is 8.25. The van der Waals surface area contributed by atoms with Crippen LogP contribution in [-0.4, -0.2) is 50.3 Å². The topological polar surface area (TPSA) is 124 Å². The van der Waals surface area contributed by atoms with E-state index in [1.807, 2.05) is 0 Å². The third kappa shape index (κ3) is 29.1. The predicted octanol–water partition coefficient (Wildman–Crippen LogP) is 16.3. The van der Waals surface area contributed by atoms with Gasteiger partial charge >= 0.3 is 23.9 Å². The molecule has 72 heavy (non-hydrogen) atoms. The molecule has 12 heteroatoms. The third-order valence-electron chi connectivity index (χ3n) is 12.5. The van der Waals surface area contributed by atoms with E-state index >= 15 is 0 Å². The quantitative estimate of drug-likeness (QED) is 0.0234. The Morgan fingerprint density at radius 1 is 0.347 bits per heavy atom.